The molecule has 0 aromatic carbocycles. The quantitative estimate of drug-likeness (QED) is 0.114. The highest BCUT2D eigenvalue weighted by Gasteiger charge is 2.48. The van der Waals surface area contributed by atoms with Gasteiger partial charge in [-0.05, 0) is 25.7 Å². The number of carbonyl (C=O) groups excluding carboxylic acids is 5. The van der Waals surface area contributed by atoms with Gasteiger partial charge in [-0.3, -0.25) is 18.9 Å². The van der Waals surface area contributed by atoms with Gasteiger partial charge < -0.3 is 20.8 Å². The molecular weight excluding hydrogens is 504 g/mol. The Kier molecular flexibility index (Phi) is 8.99. The van der Waals surface area contributed by atoms with E-state index >= 15 is 0 Å². The first kappa shape index (κ1) is 27.2. The van der Waals surface area contributed by atoms with Crippen molar-refractivity contribution >= 4 is 51.6 Å². The number of hydrogen-bond acceptors (Lipinski definition) is 9. The molecule has 3 aliphatic rings. The van der Waals surface area contributed by atoms with E-state index in [9.17, 15) is 32.4 Å². The topological polar surface area (TPSA) is 188 Å². The van der Waals surface area contributed by atoms with Crippen LogP contribution in [0.3, 0.4) is 0 Å². The summed E-state index contributed by atoms with van der Waals surface area (Å²) >= 11 is 1.82. The van der Waals surface area contributed by atoms with E-state index in [4.69, 9.17) is 9.39 Å². The molecule has 0 bridgehead atoms. The van der Waals surface area contributed by atoms with Crippen molar-refractivity contribution < 1.29 is 41.8 Å². The summed E-state index contributed by atoms with van der Waals surface area (Å²) in [5.41, 5.74) is 0. The number of amides is 5. The van der Waals surface area contributed by atoms with E-state index in [2.05, 4.69) is 16.0 Å². The van der Waals surface area contributed by atoms with Gasteiger partial charge in [-0.25, -0.2) is 9.59 Å². The van der Waals surface area contributed by atoms with Crippen LogP contribution >= 0.6 is 11.8 Å². The molecule has 4 N–H and O–H groups in total. The first-order chi connectivity index (χ1) is 16.5. The standard InChI is InChI=1S/C20H30N4O9S2/c1-2-11(7-8-17(27)33-24-16(26)9-14(19(24)28)35(30,31)32)21-15(25)6-4-3-5-13-18-12(10-34-13)22-20(29)23-18/h11-14,18H,2-10H2,1H3,(H,21,25)(H2,22,23,29)(H,30,31,32)/t11?,12-,13-,14?,18-/m0/s1. The van der Waals surface area contributed by atoms with Crippen molar-refractivity contribution in [1.82, 2.24) is 21.0 Å². The van der Waals surface area contributed by atoms with Gasteiger partial charge in [-0.1, -0.05) is 13.3 Å². The molecule has 3 aliphatic heterocycles. The normalized spacial score (nSPS) is 26.8. The number of carbonyl (C=O) groups is 5. The highest BCUT2D eigenvalue weighted by molar-refractivity contribution is 8.00. The van der Waals surface area contributed by atoms with E-state index in [1.807, 2.05) is 18.7 Å². The van der Waals surface area contributed by atoms with Crippen molar-refractivity contribution in [2.45, 2.75) is 86.9 Å². The van der Waals surface area contributed by atoms with Gasteiger partial charge in [0.2, 0.25) is 5.91 Å². The molecule has 0 spiro atoms. The van der Waals surface area contributed by atoms with Crippen LogP contribution in [0.2, 0.25) is 0 Å². The van der Waals surface area contributed by atoms with Gasteiger partial charge in [0, 0.05) is 29.9 Å². The number of hydrogen-bond donors (Lipinski definition) is 4. The number of hydroxylamine groups is 2. The Bertz CT molecular complexity index is 974. The lowest BCUT2D eigenvalue weighted by Crippen LogP contribution is -2.38. The van der Waals surface area contributed by atoms with Crippen LogP contribution in [0.1, 0.15) is 58.3 Å². The maximum absolute atomic E-state index is 12.3. The maximum atomic E-state index is 12.3. The average molecular weight is 535 g/mol. The minimum atomic E-state index is -4.79. The number of rotatable bonds is 12. The lowest BCUT2D eigenvalue weighted by molar-refractivity contribution is -0.197. The third-order valence-electron chi connectivity index (χ3n) is 6.25. The van der Waals surface area contributed by atoms with Crippen molar-refractivity contribution in [2.75, 3.05) is 5.75 Å². The Balaban J connectivity index is 1.33. The molecule has 0 aliphatic carbocycles. The molecule has 3 heterocycles. The molecule has 35 heavy (non-hydrogen) atoms. The number of unbranched alkanes of at least 4 members (excludes halogenated alkanes) is 1. The summed E-state index contributed by atoms with van der Waals surface area (Å²) in [6, 6.07) is -0.143. The third-order valence-corrected chi connectivity index (χ3v) is 8.85. The first-order valence-electron chi connectivity index (χ1n) is 11.5. The number of nitrogens with zero attached hydrogens (tertiary/aromatic N) is 1. The maximum Gasteiger partial charge on any atom is 0.333 e. The fourth-order valence-corrected chi connectivity index (χ4v) is 6.55. The zero-order valence-electron chi connectivity index (χ0n) is 19.2. The summed E-state index contributed by atoms with van der Waals surface area (Å²) in [5, 5.41) is 7.11. The van der Waals surface area contributed by atoms with Crippen molar-refractivity contribution in [2.24, 2.45) is 0 Å². The molecule has 0 saturated carbocycles. The number of fused-ring (bicyclic) bond motifs is 1. The second-order valence-corrected chi connectivity index (χ2v) is 11.6. The molecule has 5 amide bonds. The van der Waals surface area contributed by atoms with Crippen LogP contribution in [0.4, 0.5) is 4.79 Å². The second-order valence-electron chi connectivity index (χ2n) is 8.78. The molecule has 2 unspecified atom stereocenters. The molecule has 13 nitrogen and oxygen atoms in total. The Morgan fingerprint density at radius 2 is 1.97 bits per heavy atom. The highest BCUT2D eigenvalue weighted by Crippen LogP contribution is 2.33. The second kappa shape index (κ2) is 11.6. The van der Waals surface area contributed by atoms with Crippen LogP contribution in [0.25, 0.3) is 0 Å². The zero-order chi connectivity index (χ0) is 25.8. The van der Waals surface area contributed by atoms with Crippen molar-refractivity contribution in [3.05, 3.63) is 0 Å². The lowest BCUT2D eigenvalue weighted by Gasteiger charge is -2.18. The van der Waals surface area contributed by atoms with Gasteiger partial charge in [0.05, 0.1) is 18.5 Å². The van der Waals surface area contributed by atoms with E-state index < -0.39 is 39.6 Å². The summed E-state index contributed by atoms with van der Waals surface area (Å²) in [7, 11) is -4.79. The number of imide groups is 1. The molecule has 3 rings (SSSR count). The average Bonchev–Trinajstić information content (AvgIpc) is 3.42. The molecule has 196 valence electrons. The van der Waals surface area contributed by atoms with Gasteiger partial charge in [0.25, 0.3) is 21.9 Å². The van der Waals surface area contributed by atoms with Crippen LogP contribution in [0, 0.1) is 0 Å². The third kappa shape index (κ3) is 7.07. The summed E-state index contributed by atoms with van der Waals surface area (Å²) in [6.45, 7) is 1.83. The van der Waals surface area contributed by atoms with Crippen LogP contribution < -0.4 is 16.0 Å². The molecule has 3 fully saturated rings. The number of thioether (sulfide) groups is 1. The van der Waals surface area contributed by atoms with Crippen LogP contribution in [-0.4, -0.2) is 82.1 Å². The van der Waals surface area contributed by atoms with Gasteiger partial charge in [-0.15, -0.1) is 5.06 Å². The van der Waals surface area contributed by atoms with Gasteiger partial charge in [0.15, 0.2) is 5.25 Å². The van der Waals surface area contributed by atoms with E-state index in [-0.39, 0.29) is 48.0 Å². The Morgan fingerprint density at radius 1 is 1.23 bits per heavy atom. The van der Waals surface area contributed by atoms with E-state index in [1.165, 1.54) is 0 Å². The Labute approximate surface area is 207 Å². The molecule has 15 heteroatoms. The molecular formula is C20H30N4O9S2. The highest BCUT2D eigenvalue weighted by atomic mass is 32.2. The number of urea groups is 1. The van der Waals surface area contributed by atoms with Crippen LogP contribution in [0.5, 0.6) is 0 Å². The zero-order valence-corrected chi connectivity index (χ0v) is 20.9. The lowest BCUT2D eigenvalue weighted by atomic mass is 10.0. The van der Waals surface area contributed by atoms with Gasteiger partial charge in [0.1, 0.15) is 0 Å². The summed E-state index contributed by atoms with van der Waals surface area (Å²) in [4.78, 5) is 64.2. The fraction of sp³-hybridized carbons (Fsp3) is 0.750. The van der Waals surface area contributed by atoms with Crippen LogP contribution in [0.15, 0.2) is 0 Å². The van der Waals surface area contributed by atoms with Crippen LogP contribution in [-0.2, 0) is 34.1 Å². The van der Waals surface area contributed by atoms with Gasteiger partial charge >= 0.3 is 12.0 Å². The van der Waals surface area contributed by atoms with Crippen molar-refractivity contribution in [3.8, 4) is 0 Å². The molecule has 3 saturated heterocycles. The summed E-state index contributed by atoms with van der Waals surface area (Å²) in [6.07, 6.45) is 2.48. The molecule has 0 aromatic rings. The van der Waals surface area contributed by atoms with Crippen molar-refractivity contribution in [3.63, 3.8) is 0 Å². The van der Waals surface area contributed by atoms with E-state index in [0.717, 1.165) is 18.6 Å². The Hall–Kier alpha value is -2.39. The molecule has 0 aromatic heterocycles. The molecule has 5 atom stereocenters. The van der Waals surface area contributed by atoms with Gasteiger partial charge in [-0.2, -0.15) is 20.2 Å². The largest absolute Gasteiger partial charge is 0.353 e. The predicted octanol–water partition coefficient (Wildman–Crippen LogP) is -0.139. The van der Waals surface area contributed by atoms with Crippen molar-refractivity contribution in [1.29, 1.82) is 0 Å². The minimum absolute atomic E-state index is 0.0677. The van der Waals surface area contributed by atoms with E-state index in [0.29, 0.717) is 24.5 Å². The monoisotopic (exact) mass is 534 g/mol. The Morgan fingerprint density at radius 3 is 2.63 bits per heavy atom. The summed E-state index contributed by atoms with van der Waals surface area (Å²) < 4.78 is 31.3. The summed E-state index contributed by atoms with van der Waals surface area (Å²) in [5.74, 6) is -2.56. The smallest absolute Gasteiger partial charge is 0.333 e. The number of nitrogens with one attached hydrogen (secondary N) is 3. The molecule has 0 radical (unpaired) electrons. The first-order valence-corrected chi connectivity index (χ1v) is 14.1. The van der Waals surface area contributed by atoms with E-state index in [1.54, 1.807) is 0 Å². The SMILES string of the molecule is CCC(CCC(=O)ON1C(=O)CC(S(=O)(=O)O)C1=O)NC(=O)CCCC[C@@H]1SC[C@@H]2NC(=O)N[C@@H]21. The minimum Gasteiger partial charge on any atom is -0.353 e. The predicted molar refractivity (Wildman–Crippen MR) is 123 cm³/mol. The fourth-order valence-electron chi connectivity index (χ4n) is 4.30.